The molecule has 7 heteroatoms. The zero-order valence-corrected chi connectivity index (χ0v) is 12.6. The van der Waals surface area contributed by atoms with Gasteiger partial charge in [0.15, 0.2) is 17.5 Å². The van der Waals surface area contributed by atoms with Crippen LogP contribution in [0, 0.1) is 17.5 Å². The summed E-state index contributed by atoms with van der Waals surface area (Å²) in [6, 6.07) is 6.58. The van der Waals surface area contributed by atoms with Crippen molar-refractivity contribution in [3.8, 4) is 0 Å². The molecule has 24 heavy (non-hydrogen) atoms. The first kappa shape index (κ1) is 17.4. The maximum absolute atomic E-state index is 13.0. The number of benzene rings is 2. The van der Waals surface area contributed by atoms with Crippen LogP contribution in [0.3, 0.4) is 0 Å². The molecule has 2 aromatic carbocycles. The van der Waals surface area contributed by atoms with Gasteiger partial charge in [-0.05, 0) is 41.5 Å². The highest BCUT2D eigenvalue weighted by Gasteiger charge is 2.09. The van der Waals surface area contributed by atoms with E-state index in [0.717, 1.165) is 29.8 Å². The second-order valence-corrected chi connectivity index (χ2v) is 5.01. The summed E-state index contributed by atoms with van der Waals surface area (Å²) in [6.45, 7) is 0.0728. The molecule has 4 nitrogen and oxygen atoms in total. The number of carbonyl (C=O) groups excluding carboxylic acids is 1. The lowest BCUT2D eigenvalue weighted by Gasteiger charge is -2.06. The Bertz CT molecular complexity index is 768. The quantitative estimate of drug-likeness (QED) is 0.381. The zero-order valence-electron chi connectivity index (χ0n) is 12.6. The first-order valence-electron chi connectivity index (χ1n) is 7.00. The highest BCUT2D eigenvalue weighted by atomic mass is 19.2. The van der Waals surface area contributed by atoms with Crippen molar-refractivity contribution in [3.05, 3.63) is 65.0 Å². The van der Waals surface area contributed by atoms with Gasteiger partial charge in [-0.25, -0.2) is 18.0 Å². The van der Waals surface area contributed by atoms with Crippen LogP contribution in [-0.4, -0.2) is 12.6 Å². The van der Waals surface area contributed by atoms with Crippen LogP contribution >= 0.6 is 0 Å². The van der Waals surface area contributed by atoms with E-state index in [2.05, 4.69) is 0 Å². The number of carbonyl (C=O) groups is 1. The van der Waals surface area contributed by atoms with E-state index >= 15 is 0 Å². The third kappa shape index (κ3) is 4.52. The minimum absolute atomic E-state index is 0.00568. The molecule has 0 heterocycles. The van der Waals surface area contributed by atoms with Gasteiger partial charge < -0.3 is 16.2 Å². The van der Waals surface area contributed by atoms with Crippen molar-refractivity contribution >= 4 is 23.4 Å². The summed E-state index contributed by atoms with van der Waals surface area (Å²) in [4.78, 5) is 11.6. The number of nitrogen functional groups attached to an aromatic ring is 2. The number of rotatable bonds is 5. The van der Waals surface area contributed by atoms with Crippen molar-refractivity contribution in [1.29, 1.82) is 0 Å². The summed E-state index contributed by atoms with van der Waals surface area (Å²) in [5.41, 5.74) is 13.2. The molecule has 0 unspecified atom stereocenters. The van der Waals surface area contributed by atoms with Gasteiger partial charge in [0.2, 0.25) is 0 Å². The highest BCUT2D eigenvalue weighted by molar-refractivity contribution is 5.87. The number of hydrogen-bond donors (Lipinski definition) is 2. The molecule has 2 rings (SSSR count). The molecule has 0 radical (unpaired) electrons. The molecule has 0 aliphatic rings. The fourth-order valence-corrected chi connectivity index (χ4v) is 1.99. The first-order valence-corrected chi connectivity index (χ1v) is 7.00. The minimum Gasteiger partial charge on any atom is -0.462 e. The Labute approximate surface area is 136 Å². The Kier molecular flexibility index (Phi) is 5.47. The molecule has 0 aliphatic carbocycles. The van der Waals surface area contributed by atoms with Crippen molar-refractivity contribution in [1.82, 2.24) is 0 Å². The van der Waals surface area contributed by atoms with Gasteiger partial charge in [0.25, 0.3) is 0 Å². The molecule has 0 amide bonds. The molecule has 0 saturated carbocycles. The lowest BCUT2D eigenvalue weighted by molar-refractivity contribution is -0.137. The van der Waals surface area contributed by atoms with E-state index in [4.69, 9.17) is 16.2 Å². The predicted molar refractivity (Wildman–Crippen MR) is 85.3 cm³/mol. The van der Waals surface area contributed by atoms with Gasteiger partial charge in [0.1, 0.15) is 0 Å². The SMILES string of the molecule is Nc1ccc(CCOC(=O)C=Cc2cc(F)c(F)c(F)c2)c(N)c1. The van der Waals surface area contributed by atoms with E-state index in [0.29, 0.717) is 17.8 Å². The normalized spacial score (nSPS) is 11.0. The van der Waals surface area contributed by atoms with Crippen LogP contribution < -0.4 is 11.5 Å². The van der Waals surface area contributed by atoms with Crippen LogP contribution in [0.5, 0.6) is 0 Å². The Balaban J connectivity index is 1.89. The first-order chi connectivity index (χ1) is 11.4. The summed E-state index contributed by atoms with van der Waals surface area (Å²) in [7, 11) is 0. The standard InChI is InChI=1S/C17H15F3N2O2/c18-13-7-10(8-14(19)17(13)20)1-4-16(23)24-6-5-11-2-3-12(21)9-15(11)22/h1-4,7-9H,5-6,21-22H2. The summed E-state index contributed by atoms with van der Waals surface area (Å²) >= 11 is 0. The molecule has 0 aromatic heterocycles. The summed E-state index contributed by atoms with van der Waals surface area (Å²) < 4.78 is 43.8. The van der Waals surface area contributed by atoms with E-state index in [1.54, 1.807) is 18.2 Å². The Hall–Kier alpha value is -2.96. The Morgan fingerprint density at radius 1 is 1.08 bits per heavy atom. The number of halogens is 3. The van der Waals surface area contributed by atoms with Crippen LogP contribution in [0.2, 0.25) is 0 Å². The average molecular weight is 336 g/mol. The molecular formula is C17H15F3N2O2. The fourth-order valence-electron chi connectivity index (χ4n) is 1.99. The Morgan fingerprint density at radius 2 is 1.75 bits per heavy atom. The van der Waals surface area contributed by atoms with E-state index in [9.17, 15) is 18.0 Å². The van der Waals surface area contributed by atoms with Gasteiger partial charge in [-0.2, -0.15) is 0 Å². The molecule has 4 N–H and O–H groups in total. The topological polar surface area (TPSA) is 78.3 Å². The third-order valence-electron chi connectivity index (χ3n) is 3.20. The molecule has 2 aromatic rings. The number of ether oxygens (including phenoxy) is 1. The van der Waals surface area contributed by atoms with Gasteiger partial charge in [-0.15, -0.1) is 0 Å². The average Bonchev–Trinajstić information content (AvgIpc) is 2.52. The van der Waals surface area contributed by atoms with Crippen molar-refractivity contribution in [2.45, 2.75) is 6.42 Å². The molecule has 126 valence electrons. The monoisotopic (exact) mass is 336 g/mol. The van der Waals surface area contributed by atoms with Gasteiger partial charge in [-0.1, -0.05) is 6.07 Å². The number of hydrogen-bond acceptors (Lipinski definition) is 4. The van der Waals surface area contributed by atoms with Crippen LogP contribution in [0.1, 0.15) is 11.1 Å². The lowest BCUT2D eigenvalue weighted by atomic mass is 10.1. The molecule has 0 spiro atoms. The van der Waals surface area contributed by atoms with Crippen LogP contribution in [-0.2, 0) is 16.0 Å². The van der Waals surface area contributed by atoms with Crippen molar-refractivity contribution < 1.29 is 22.7 Å². The fraction of sp³-hybridized carbons (Fsp3) is 0.118. The minimum atomic E-state index is -1.56. The van der Waals surface area contributed by atoms with Crippen LogP contribution in [0.25, 0.3) is 6.08 Å². The molecule has 0 aliphatic heterocycles. The zero-order chi connectivity index (χ0) is 17.7. The number of esters is 1. The molecule has 0 atom stereocenters. The second kappa shape index (κ2) is 7.54. The largest absolute Gasteiger partial charge is 0.462 e. The van der Waals surface area contributed by atoms with E-state index < -0.39 is 23.4 Å². The van der Waals surface area contributed by atoms with E-state index in [-0.39, 0.29) is 12.2 Å². The second-order valence-electron chi connectivity index (χ2n) is 5.01. The maximum atomic E-state index is 13.0. The van der Waals surface area contributed by atoms with Gasteiger partial charge in [-0.3, -0.25) is 0 Å². The van der Waals surface area contributed by atoms with Crippen molar-refractivity contribution in [2.24, 2.45) is 0 Å². The van der Waals surface area contributed by atoms with E-state index in [1.165, 1.54) is 0 Å². The van der Waals surface area contributed by atoms with Crippen LogP contribution in [0.4, 0.5) is 24.5 Å². The third-order valence-corrected chi connectivity index (χ3v) is 3.20. The van der Waals surface area contributed by atoms with Crippen molar-refractivity contribution in [3.63, 3.8) is 0 Å². The Morgan fingerprint density at radius 3 is 2.38 bits per heavy atom. The smallest absolute Gasteiger partial charge is 0.330 e. The molecule has 0 bridgehead atoms. The van der Waals surface area contributed by atoms with Crippen LogP contribution in [0.15, 0.2) is 36.4 Å². The number of nitrogens with two attached hydrogens (primary N) is 2. The summed E-state index contributed by atoms with van der Waals surface area (Å²) in [5.74, 6) is -4.92. The summed E-state index contributed by atoms with van der Waals surface area (Å²) in [6.07, 6.45) is 2.52. The van der Waals surface area contributed by atoms with Crippen molar-refractivity contribution in [2.75, 3.05) is 18.1 Å². The lowest BCUT2D eigenvalue weighted by Crippen LogP contribution is -2.06. The molecular weight excluding hydrogens is 321 g/mol. The number of anilines is 2. The van der Waals surface area contributed by atoms with Gasteiger partial charge in [0.05, 0.1) is 6.61 Å². The predicted octanol–water partition coefficient (Wildman–Crippen LogP) is 3.07. The maximum Gasteiger partial charge on any atom is 0.330 e. The highest BCUT2D eigenvalue weighted by Crippen LogP contribution is 2.16. The summed E-state index contributed by atoms with van der Waals surface area (Å²) in [5, 5.41) is 0. The molecule has 0 fully saturated rings. The molecule has 0 saturated heterocycles. The van der Waals surface area contributed by atoms with E-state index in [1.807, 2.05) is 0 Å². The van der Waals surface area contributed by atoms with Gasteiger partial charge >= 0.3 is 5.97 Å². The van der Waals surface area contributed by atoms with Gasteiger partial charge in [0, 0.05) is 23.9 Å².